The molecular weight excluding hydrogens is 212 g/mol. The molecule has 2 nitrogen and oxygen atoms in total. The van der Waals surface area contributed by atoms with Gasteiger partial charge >= 0.3 is 0 Å². The van der Waals surface area contributed by atoms with E-state index in [1.807, 2.05) is 32.0 Å². The van der Waals surface area contributed by atoms with E-state index in [0.717, 1.165) is 29.1 Å². The molecule has 0 aliphatic rings. The van der Waals surface area contributed by atoms with E-state index in [1.165, 1.54) is 5.56 Å². The van der Waals surface area contributed by atoms with Crippen LogP contribution in [0.5, 0.6) is 0 Å². The third-order valence-corrected chi connectivity index (χ3v) is 3.08. The van der Waals surface area contributed by atoms with Crippen molar-refractivity contribution in [3.8, 4) is 0 Å². The van der Waals surface area contributed by atoms with Gasteiger partial charge in [-0.1, -0.05) is 31.2 Å². The normalized spacial score (nSPS) is 12.7. The molecule has 90 valence electrons. The van der Waals surface area contributed by atoms with Crippen LogP contribution in [0, 0.1) is 13.8 Å². The van der Waals surface area contributed by atoms with E-state index >= 15 is 0 Å². The van der Waals surface area contributed by atoms with E-state index < -0.39 is 6.10 Å². The molecule has 1 aromatic heterocycles. The molecule has 0 fully saturated rings. The molecule has 0 aliphatic heterocycles. The lowest BCUT2D eigenvalue weighted by atomic mass is 10.0. The molecule has 1 aromatic carbocycles. The van der Waals surface area contributed by atoms with Crippen LogP contribution in [0.15, 0.2) is 34.7 Å². The fourth-order valence-corrected chi connectivity index (χ4v) is 2.04. The zero-order chi connectivity index (χ0) is 12.4. The van der Waals surface area contributed by atoms with E-state index in [9.17, 15) is 5.11 Å². The topological polar surface area (TPSA) is 33.4 Å². The van der Waals surface area contributed by atoms with Gasteiger partial charge in [0.15, 0.2) is 0 Å². The van der Waals surface area contributed by atoms with Gasteiger partial charge < -0.3 is 9.52 Å². The molecule has 2 rings (SSSR count). The summed E-state index contributed by atoms with van der Waals surface area (Å²) in [6.07, 6.45) is 0.415. The lowest BCUT2D eigenvalue weighted by Crippen LogP contribution is -1.99. The van der Waals surface area contributed by atoms with Gasteiger partial charge in [-0.3, -0.25) is 0 Å². The summed E-state index contributed by atoms with van der Waals surface area (Å²) in [5.74, 6) is 1.62. The zero-order valence-corrected chi connectivity index (χ0v) is 10.5. The highest BCUT2D eigenvalue weighted by Gasteiger charge is 2.16. The largest absolute Gasteiger partial charge is 0.466 e. The molecular formula is C15H18O2. The Morgan fingerprint density at radius 3 is 2.29 bits per heavy atom. The second-order valence-electron chi connectivity index (χ2n) is 4.37. The average Bonchev–Trinajstić information content (AvgIpc) is 2.68. The third-order valence-electron chi connectivity index (χ3n) is 3.08. The van der Waals surface area contributed by atoms with E-state index in [4.69, 9.17) is 4.42 Å². The predicted octanol–water partition coefficient (Wildman–Crippen LogP) is 3.54. The maximum Gasteiger partial charge on any atom is 0.107 e. The van der Waals surface area contributed by atoms with Crippen LogP contribution in [-0.4, -0.2) is 5.11 Å². The minimum absolute atomic E-state index is 0.599. The summed E-state index contributed by atoms with van der Waals surface area (Å²) in [7, 11) is 0. The minimum Gasteiger partial charge on any atom is -0.466 e. The molecule has 1 atom stereocenters. The fraction of sp³-hybridized carbons (Fsp3) is 0.333. The van der Waals surface area contributed by atoms with Gasteiger partial charge in [0.05, 0.1) is 0 Å². The van der Waals surface area contributed by atoms with E-state index in [2.05, 4.69) is 19.1 Å². The van der Waals surface area contributed by atoms with Gasteiger partial charge in [-0.05, 0) is 37.5 Å². The smallest absolute Gasteiger partial charge is 0.107 e. The van der Waals surface area contributed by atoms with Crippen LogP contribution in [0.3, 0.4) is 0 Å². The average molecular weight is 230 g/mol. The summed E-state index contributed by atoms with van der Waals surface area (Å²) < 4.78 is 5.44. The number of aliphatic hydroxyl groups is 1. The van der Waals surface area contributed by atoms with Crippen LogP contribution in [-0.2, 0) is 6.42 Å². The summed E-state index contributed by atoms with van der Waals surface area (Å²) >= 11 is 0. The Morgan fingerprint density at radius 1 is 1.18 bits per heavy atom. The van der Waals surface area contributed by atoms with Crippen molar-refractivity contribution in [3.05, 3.63) is 58.5 Å². The first-order valence-electron chi connectivity index (χ1n) is 5.95. The standard InChI is InChI=1S/C15H18O2/c1-4-12-5-7-13(8-6-12)15(16)14-9-10(2)17-11(14)3/h5-9,15-16H,4H2,1-3H3. The Bertz CT molecular complexity index is 494. The summed E-state index contributed by atoms with van der Waals surface area (Å²) in [6.45, 7) is 5.89. The van der Waals surface area contributed by atoms with Crippen LogP contribution in [0.4, 0.5) is 0 Å². The number of rotatable bonds is 3. The maximum atomic E-state index is 10.3. The monoisotopic (exact) mass is 230 g/mol. The Balaban J connectivity index is 2.30. The Kier molecular flexibility index (Phi) is 3.34. The number of benzene rings is 1. The van der Waals surface area contributed by atoms with Crippen molar-refractivity contribution < 1.29 is 9.52 Å². The molecule has 0 radical (unpaired) electrons. The number of aliphatic hydroxyl groups excluding tert-OH is 1. The number of hydrogen-bond donors (Lipinski definition) is 1. The summed E-state index contributed by atoms with van der Waals surface area (Å²) in [4.78, 5) is 0. The predicted molar refractivity (Wildman–Crippen MR) is 68.1 cm³/mol. The second-order valence-corrected chi connectivity index (χ2v) is 4.37. The molecule has 1 N–H and O–H groups in total. The van der Waals surface area contributed by atoms with E-state index in [1.54, 1.807) is 0 Å². The van der Waals surface area contributed by atoms with Crippen molar-refractivity contribution in [1.82, 2.24) is 0 Å². The third kappa shape index (κ3) is 2.42. The van der Waals surface area contributed by atoms with Crippen LogP contribution in [0.2, 0.25) is 0 Å². The van der Waals surface area contributed by atoms with Gasteiger partial charge in [0.25, 0.3) is 0 Å². The Labute approximate surface area is 102 Å². The van der Waals surface area contributed by atoms with E-state index in [0.29, 0.717) is 0 Å². The van der Waals surface area contributed by atoms with Gasteiger partial charge in [-0.25, -0.2) is 0 Å². The molecule has 0 saturated carbocycles. The van der Waals surface area contributed by atoms with Crippen molar-refractivity contribution >= 4 is 0 Å². The number of aryl methyl sites for hydroxylation is 3. The molecule has 1 heterocycles. The zero-order valence-electron chi connectivity index (χ0n) is 10.5. The molecule has 0 aliphatic carbocycles. The van der Waals surface area contributed by atoms with Crippen LogP contribution >= 0.6 is 0 Å². The first kappa shape index (κ1) is 11.9. The molecule has 0 spiro atoms. The van der Waals surface area contributed by atoms with Crippen molar-refractivity contribution in [3.63, 3.8) is 0 Å². The maximum absolute atomic E-state index is 10.3. The molecule has 0 saturated heterocycles. The van der Waals surface area contributed by atoms with Gasteiger partial charge in [-0.15, -0.1) is 0 Å². The minimum atomic E-state index is -0.599. The van der Waals surface area contributed by atoms with Crippen molar-refractivity contribution in [2.24, 2.45) is 0 Å². The van der Waals surface area contributed by atoms with Gasteiger partial charge in [-0.2, -0.15) is 0 Å². The van der Waals surface area contributed by atoms with Crippen LogP contribution in [0.25, 0.3) is 0 Å². The highest BCUT2D eigenvalue weighted by Crippen LogP contribution is 2.27. The molecule has 2 aromatic rings. The molecule has 0 amide bonds. The quantitative estimate of drug-likeness (QED) is 0.874. The van der Waals surface area contributed by atoms with Gasteiger partial charge in [0.1, 0.15) is 17.6 Å². The first-order valence-corrected chi connectivity index (χ1v) is 5.95. The summed E-state index contributed by atoms with van der Waals surface area (Å²) in [5, 5.41) is 10.3. The number of hydrogen-bond acceptors (Lipinski definition) is 2. The lowest BCUT2D eigenvalue weighted by molar-refractivity contribution is 0.218. The second kappa shape index (κ2) is 4.76. The van der Waals surface area contributed by atoms with Crippen LogP contribution < -0.4 is 0 Å². The van der Waals surface area contributed by atoms with Crippen LogP contribution in [0.1, 0.15) is 41.2 Å². The molecule has 17 heavy (non-hydrogen) atoms. The van der Waals surface area contributed by atoms with Gasteiger partial charge in [0.2, 0.25) is 0 Å². The Morgan fingerprint density at radius 2 is 1.82 bits per heavy atom. The molecule has 1 unspecified atom stereocenters. The number of furan rings is 1. The first-order chi connectivity index (χ1) is 8.11. The SMILES string of the molecule is CCc1ccc(C(O)c2cc(C)oc2C)cc1. The molecule has 0 bridgehead atoms. The fourth-order valence-electron chi connectivity index (χ4n) is 2.04. The van der Waals surface area contributed by atoms with Gasteiger partial charge in [0, 0.05) is 5.56 Å². The van der Waals surface area contributed by atoms with Crippen molar-refractivity contribution in [2.75, 3.05) is 0 Å². The lowest BCUT2D eigenvalue weighted by Gasteiger charge is -2.10. The Hall–Kier alpha value is -1.54. The van der Waals surface area contributed by atoms with Crippen molar-refractivity contribution in [2.45, 2.75) is 33.3 Å². The van der Waals surface area contributed by atoms with E-state index in [-0.39, 0.29) is 0 Å². The highest BCUT2D eigenvalue weighted by atomic mass is 16.3. The summed E-state index contributed by atoms with van der Waals surface area (Å²) in [5.41, 5.74) is 3.04. The highest BCUT2D eigenvalue weighted by molar-refractivity contribution is 5.34. The summed E-state index contributed by atoms with van der Waals surface area (Å²) in [6, 6.07) is 9.96. The van der Waals surface area contributed by atoms with Crippen molar-refractivity contribution in [1.29, 1.82) is 0 Å². The molecule has 2 heteroatoms.